The van der Waals surface area contributed by atoms with E-state index in [0.29, 0.717) is 12.3 Å². The Kier molecular flexibility index (Phi) is 5.55. The Morgan fingerprint density at radius 1 is 1.05 bits per heavy atom. The maximum absolute atomic E-state index is 12.3. The molecule has 2 amide bonds. The largest absolute Gasteiger partial charge is 0.343 e. The van der Waals surface area contributed by atoms with Gasteiger partial charge < -0.3 is 9.80 Å². The number of carbonyl (C=O) groups is 2. The molecule has 0 spiro atoms. The van der Waals surface area contributed by atoms with Crippen molar-refractivity contribution in [3.63, 3.8) is 0 Å². The van der Waals surface area contributed by atoms with Gasteiger partial charge in [0.05, 0.1) is 0 Å². The second kappa shape index (κ2) is 7.17. The van der Waals surface area contributed by atoms with Gasteiger partial charge in [-0.2, -0.15) is 11.8 Å². The molecule has 0 aromatic rings. The first kappa shape index (κ1) is 14.7. The maximum atomic E-state index is 12.3. The molecule has 2 heterocycles. The standard InChI is InChI=1S/C14H24N2O2S/c1-19-11-6-13(17)15-9-4-12(5-10-15)14(18)16-7-2-3-8-16/h12H,2-11H2,1H3. The molecular weight excluding hydrogens is 260 g/mol. The Bertz CT molecular complexity index is 321. The first-order chi connectivity index (χ1) is 9.22. The second-order valence-corrected chi connectivity index (χ2v) is 6.42. The monoisotopic (exact) mass is 284 g/mol. The second-order valence-electron chi connectivity index (χ2n) is 5.43. The van der Waals surface area contributed by atoms with Crippen molar-refractivity contribution in [1.29, 1.82) is 0 Å². The van der Waals surface area contributed by atoms with Crippen LogP contribution >= 0.6 is 11.8 Å². The Morgan fingerprint density at radius 2 is 1.68 bits per heavy atom. The van der Waals surface area contributed by atoms with Crippen LogP contribution in [0.5, 0.6) is 0 Å². The number of thioether (sulfide) groups is 1. The van der Waals surface area contributed by atoms with Crippen molar-refractivity contribution in [1.82, 2.24) is 9.80 Å². The fourth-order valence-corrected chi connectivity index (χ4v) is 3.30. The van der Waals surface area contributed by atoms with Crippen LogP contribution in [0.25, 0.3) is 0 Å². The average Bonchev–Trinajstić information content (AvgIpc) is 2.98. The summed E-state index contributed by atoms with van der Waals surface area (Å²) in [5.74, 6) is 1.63. The van der Waals surface area contributed by atoms with Crippen LogP contribution in [0.2, 0.25) is 0 Å². The fourth-order valence-electron chi connectivity index (χ4n) is 2.92. The topological polar surface area (TPSA) is 40.6 Å². The van der Waals surface area contributed by atoms with E-state index in [1.54, 1.807) is 11.8 Å². The molecule has 2 saturated heterocycles. The number of carbonyl (C=O) groups excluding carboxylic acids is 2. The lowest BCUT2D eigenvalue weighted by atomic mass is 9.95. The van der Waals surface area contributed by atoms with Crippen LogP contribution in [-0.2, 0) is 9.59 Å². The summed E-state index contributed by atoms with van der Waals surface area (Å²) in [4.78, 5) is 28.1. The van der Waals surface area contributed by atoms with Crippen LogP contribution in [0, 0.1) is 5.92 Å². The number of hydrogen-bond acceptors (Lipinski definition) is 3. The van der Waals surface area contributed by atoms with Crippen molar-refractivity contribution in [2.24, 2.45) is 5.92 Å². The zero-order valence-electron chi connectivity index (χ0n) is 11.8. The highest BCUT2D eigenvalue weighted by Crippen LogP contribution is 2.22. The summed E-state index contributed by atoms with van der Waals surface area (Å²) in [7, 11) is 0. The molecule has 0 aromatic carbocycles. The summed E-state index contributed by atoms with van der Waals surface area (Å²) in [5, 5.41) is 0. The minimum Gasteiger partial charge on any atom is -0.343 e. The molecule has 0 N–H and O–H groups in total. The summed E-state index contributed by atoms with van der Waals surface area (Å²) < 4.78 is 0. The summed E-state index contributed by atoms with van der Waals surface area (Å²) in [5.41, 5.74) is 0. The van der Waals surface area contributed by atoms with E-state index in [2.05, 4.69) is 0 Å². The van der Waals surface area contributed by atoms with Crippen molar-refractivity contribution >= 4 is 23.6 Å². The van der Waals surface area contributed by atoms with E-state index in [-0.39, 0.29) is 11.8 Å². The zero-order chi connectivity index (χ0) is 13.7. The molecule has 2 fully saturated rings. The normalized spacial score (nSPS) is 20.9. The number of hydrogen-bond donors (Lipinski definition) is 0. The first-order valence-electron chi connectivity index (χ1n) is 7.28. The molecule has 0 radical (unpaired) electrons. The molecule has 108 valence electrons. The van der Waals surface area contributed by atoms with Crippen LogP contribution in [0.3, 0.4) is 0 Å². The lowest BCUT2D eigenvalue weighted by Crippen LogP contribution is -2.43. The molecule has 19 heavy (non-hydrogen) atoms. The van der Waals surface area contributed by atoms with E-state index < -0.39 is 0 Å². The summed E-state index contributed by atoms with van der Waals surface area (Å²) >= 11 is 1.71. The summed E-state index contributed by atoms with van der Waals surface area (Å²) in [6.45, 7) is 3.40. The number of rotatable bonds is 4. The molecule has 2 rings (SSSR count). The van der Waals surface area contributed by atoms with E-state index in [0.717, 1.165) is 57.6 Å². The quantitative estimate of drug-likeness (QED) is 0.787. The van der Waals surface area contributed by atoms with Gasteiger partial charge in [-0.25, -0.2) is 0 Å². The smallest absolute Gasteiger partial charge is 0.225 e. The molecule has 0 aliphatic carbocycles. The van der Waals surface area contributed by atoms with Crippen molar-refractivity contribution in [3.05, 3.63) is 0 Å². The zero-order valence-corrected chi connectivity index (χ0v) is 12.6. The van der Waals surface area contributed by atoms with Crippen LogP contribution < -0.4 is 0 Å². The molecule has 5 heteroatoms. The van der Waals surface area contributed by atoms with Crippen LogP contribution in [0.1, 0.15) is 32.1 Å². The summed E-state index contributed by atoms with van der Waals surface area (Å²) in [6, 6.07) is 0. The molecule has 4 nitrogen and oxygen atoms in total. The maximum Gasteiger partial charge on any atom is 0.225 e. The lowest BCUT2D eigenvalue weighted by molar-refractivity contribution is -0.139. The van der Waals surface area contributed by atoms with Gasteiger partial charge in [0.2, 0.25) is 11.8 Å². The number of nitrogens with zero attached hydrogens (tertiary/aromatic N) is 2. The minimum atomic E-state index is 0.155. The highest BCUT2D eigenvalue weighted by molar-refractivity contribution is 7.98. The molecular formula is C14H24N2O2S. The number of likely N-dealkylation sites (tertiary alicyclic amines) is 2. The molecule has 2 aliphatic rings. The first-order valence-corrected chi connectivity index (χ1v) is 8.67. The van der Waals surface area contributed by atoms with Gasteiger partial charge in [0.25, 0.3) is 0 Å². The third-order valence-corrected chi connectivity index (χ3v) is 4.75. The predicted octanol–water partition coefficient (Wildman–Crippen LogP) is 1.60. The van der Waals surface area contributed by atoms with E-state index in [1.807, 2.05) is 16.1 Å². The Morgan fingerprint density at radius 3 is 2.26 bits per heavy atom. The van der Waals surface area contributed by atoms with Crippen molar-refractivity contribution in [2.45, 2.75) is 32.1 Å². The highest BCUT2D eigenvalue weighted by atomic mass is 32.2. The Balaban J connectivity index is 1.75. The van der Waals surface area contributed by atoms with Gasteiger partial charge in [0.15, 0.2) is 0 Å². The predicted molar refractivity (Wildman–Crippen MR) is 78.1 cm³/mol. The molecule has 0 saturated carbocycles. The molecule has 0 bridgehead atoms. The van der Waals surface area contributed by atoms with Crippen molar-refractivity contribution in [3.8, 4) is 0 Å². The average molecular weight is 284 g/mol. The van der Waals surface area contributed by atoms with Gasteiger partial charge in [0.1, 0.15) is 0 Å². The molecule has 0 unspecified atom stereocenters. The Hall–Kier alpha value is -0.710. The SMILES string of the molecule is CSCCC(=O)N1CCC(C(=O)N2CCCC2)CC1. The van der Waals surface area contributed by atoms with E-state index >= 15 is 0 Å². The fraction of sp³-hybridized carbons (Fsp3) is 0.857. The summed E-state index contributed by atoms with van der Waals surface area (Å²) in [6.07, 6.45) is 6.65. The minimum absolute atomic E-state index is 0.155. The van der Waals surface area contributed by atoms with Gasteiger partial charge in [-0.15, -0.1) is 0 Å². The third kappa shape index (κ3) is 3.88. The van der Waals surface area contributed by atoms with Gasteiger partial charge in [0, 0.05) is 44.3 Å². The van der Waals surface area contributed by atoms with Crippen molar-refractivity contribution in [2.75, 3.05) is 38.2 Å². The lowest BCUT2D eigenvalue weighted by Gasteiger charge is -2.33. The van der Waals surface area contributed by atoms with Gasteiger partial charge in [-0.1, -0.05) is 0 Å². The highest BCUT2D eigenvalue weighted by Gasteiger charge is 2.30. The number of piperidine rings is 1. The van der Waals surface area contributed by atoms with Crippen LogP contribution in [0.15, 0.2) is 0 Å². The van der Waals surface area contributed by atoms with Crippen LogP contribution in [0.4, 0.5) is 0 Å². The van der Waals surface area contributed by atoms with Gasteiger partial charge in [-0.05, 0) is 31.9 Å². The molecule has 2 aliphatic heterocycles. The third-order valence-electron chi connectivity index (χ3n) is 4.13. The molecule has 0 atom stereocenters. The molecule has 0 aromatic heterocycles. The van der Waals surface area contributed by atoms with Gasteiger partial charge in [-0.3, -0.25) is 9.59 Å². The number of amides is 2. The van der Waals surface area contributed by atoms with E-state index in [1.165, 1.54) is 0 Å². The van der Waals surface area contributed by atoms with E-state index in [9.17, 15) is 9.59 Å². The van der Waals surface area contributed by atoms with Crippen molar-refractivity contribution < 1.29 is 9.59 Å². The van der Waals surface area contributed by atoms with Crippen LogP contribution in [-0.4, -0.2) is 59.8 Å². The van der Waals surface area contributed by atoms with Gasteiger partial charge >= 0.3 is 0 Å². The Labute approximate surface area is 119 Å². The van der Waals surface area contributed by atoms with E-state index in [4.69, 9.17) is 0 Å².